The van der Waals surface area contributed by atoms with Crippen LogP contribution in [0.5, 0.6) is 5.75 Å². The summed E-state index contributed by atoms with van der Waals surface area (Å²) in [5, 5.41) is 4.08. The first-order valence-corrected chi connectivity index (χ1v) is 8.57. The van der Waals surface area contributed by atoms with E-state index in [2.05, 4.69) is 10.1 Å². The van der Waals surface area contributed by atoms with Crippen molar-refractivity contribution >= 4 is 5.91 Å². The molecule has 27 heavy (non-hydrogen) atoms. The third-order valence-electron chi connectivity index (χ3n) is 4.64. The molecule has 1 aliphatic heterocycles. The number of amides is 1. The van der Waals surface area contributed by atoms with Crippen molar-refractivity contribution in [2.45, 2.75) is 12.1 Å². The largest absolute Gasteiger partial charge is 0.497 e. The molecule has 7 heteroatoms. The number of hydrogen-bond acceptors (Lipinski definition) is 6. The number of benzene rings is 2. The van der Waals surface area contributed by atoms with Crippen molar-refractivity contribution in [2.75, 3.05) is 20.8 Å². The number of morpholine rings is 1. The van der Waals surface area contributed by atoms with Crippen LogP contribution in [0, 0.1) is 0 Å². The minimum absolute atomic E-state index is 0.0264. The molecule has 0 N–H and O–H groups in total. The maximum Gasteiger partial charge on any atom is 0.258 e. The molecule has 138 valence electrons. The lowest BCUT2D eigenvalue weighted by atomic mass is 9.98. The lowest BCUT2D eigenvalue weighted by molar-refractivity contribution is -0.157. The first-order chi connectivity index (χ1) is 13.2. The Morgan fingerprint density at radius 1 is 1.15 bits per heavy atom. The molecule has 1 aromatic heterocycles. The van der Waals surface area contributed by atoms with Gasteiger partial charge in [-0.1, -0.05) is 47.6 Å². The van der Waals surface area contributed by atoms with E-state index in [4.69, 9.17) is 14.0 Å². The molecule has 0 aliphatic carbocycles. The normalized spacial score (nSPS) is 19.9. The Bertz CT molecular complexity index is 941. The fourth-order valence-corrected chi connectivity index (χ4v) is 3.20. The van der Waals surface area contributed by atoms with E-state index in [1.807, 2.05) is 54.6 Å². The summed E-state index contributed by atoms with van der Waals surface area (Å²) < 4.78 is 16.5. The van der Waals surface area contributed by atoms with Crippen molar-refractivity contribution in [2.24, 2.45) is 0 Å². The number of ether oxygens (including phenoxy) is 2. The Morgan fingerprint density at radius 3 is 2.74 bits per heavy atom. The highest BCUT2D eigenvalue weighted by atomic mass is 16.5. The van der Waals surface area contributed by atoms with E-state index in [1.165, 1.54) is 0 Å². The Hall–Kier alpha value is -3.19. The molecule has 1 saturated heterocycles. The van der Waals surface area contributed by atoms with Gasteiger partial charge in [-0.2, -0.15) is 4.98 Å². The van der Waals surface area contributed by atoms with Crippen LogP contribution in [0.3, 0.4) is 0 Å². The summed E-state index contributed by atoms with van der Waals surface area (Å²) in [6.45, 7) is -0.0264. The molecule has 0 spiro atoms. The third kappa shape index (κ3) is 3.29. The van der Waals surface area contributed by atoms with Crippen molar-refractivity contribution in [3.8, 4) is 17.1 Å². The SMILES string of the molecule is COc1cccc(-c2noc([C@H]3OCC(=O)N(C)[C@H]3c3ccccc3)n2)c1. The predicted molar refractivity (Wildman–Crippen MR) is 96.9 cm³/mol. The Morgan fingerprint density at radius 2 is 1.96 bits per heavy atom. The molecule has 1 aliphatic rings. The van der Waals surface area contributed by atoms with Gasteiger partial charge in [-0.15, -0.1) is 0 Å². The third-order valence-corrected chi connectivity index (χ3v) is 4.64. The van der Waals surface area contributed by atoms with Crippen molar-refractivity contribution in [1.82, 2.24) is 15.0 Å². The second-order valence-corrected chi connectivity index (χ2v) is 6.28. The number of methoxy groups -OCH3 is 1. The second kappa shape index (κ2) is 7.20. The molecule has 4 rings (SSSR count). The van der Waals surface area contributed by atoms with Gasteiger partial charge in [0, 0.05) is 12.6 Å². The van der Waals surface area contributed by atoms with Gasteiger partial charge in [0.15, 0.2) is 6.10 Å². The van der Waals surface area contributed by atoms with Crippen molar-refractivity contribution in [3.63, 3.8) is 0 Å². The Labute approximate surface area is 156 Å². The quantitative estimate of drug-likeness (QED) is 0.707. The molecule has 1 amide bonds. The summed E-state index contributed by atoms with van der Waals surface area (Å²) in [6.07, 6.45) is -0.540. The van der Waals surface area contributed by atoms with E-state index in [-0.39, 0.29) is 18.6 Å². The number of likely N-dealkylation sites (N-methyl/N-ethyl adjacent to an activating group) is 1. The van der Waals surface area contributed by atoms with E-state index in [1.54, 1.807) is 19.1 Å². The van der Waals surface area contributed by atoms with Crippen LogP contribution in [0.25, 0.3) is 11.4 Å². The van der Waals surface area contributed by atoms with Crippen LogP contribution in [-0.2, 0) is 9.53 Å². The van der Waals surface area contributed by atoms with Crippen LogP contribution in [0.4, 0.5) is 0 Å². The van der Waals surface area contributed by atoms with Crippen LogP contribution in [0.15, 0.2) is 59.1 Å². The first-order valence-electron chi connectivity index (χ1n) is 8.57. The predicted octanol–water partition coefficient (Wildman–Crippen LogP) is 3.02. The van der Waals surface area contributed by atoms with E-state index in [9.17, 15) is 4.79 Å². The van der Waals surface area contributed by atoms with Crippen LogP contribution in [0.2, 0.25) is 0 Å². The number of hydrogen-bond donors (Lipinski definition) is 0. The maximum atomic E-state index is 12.2. The van der Waals surface area contributed by atoms with E-state index >= 15 is 0 Å². The van der Waals surface area contributed by atoms with Crippen LogP contribution >= 0.6 is 0 Å². The zero-order chi connectivity index (χ0) is 18.8. The van der Waals surface area contributed by atoms with E-state index < -0.39 is 6.10 Å². The van der Waals surface area contributed by atoms with Crippen molar-refractivity contribution in [1.29, 1.82) is 0 Å². The molecule has 2 atom stereocenters. The van der Waals surface area contributed by atoms with Crippen LogP contribution < -0.4 is 4.74 Å². The number of rotatable bonds is 4. The van der Waals surface area contributed by atoms with E-state index in [0.717, 1.165) is 11.1 Å². The summed E-state index contributed by atoms with van der Waals surface area (Å²) in [5.41, 5.74) is 1.72. The molecule has 3 aromatic rings. The number of carbonyl (C=O) groups excluding carboxylic acids is 1. The topological polar surface area (TPSA) is 77.7 Å². The van der Waals surface area contributed by atoms with Crippen LogP contribution in [0.1, 0.15) is 23.6 Å². The first kappa shape index (κ1) is 17.2. The molecule has 7 nitrogen and oxygen atoms in total. The molecule has 0 saturated carbocycles. The lowest BCUT2D eigenvalue weighted by Crippen LogP contribution is -2.43. The standard InChI is InChI=1S/C20H19N3O4/c1-23-16(24)12-26-18(17(23)13-7-4-3-5-8-13)20-21-19(22-27-20)14-9-6-10-15(11-14)25-2/h3-11,17-18H,12H2,1-2H3/t17-,18-/m0/s1. The molecule has 1 fully saturated rings. The van der Waals surface area contributed by atoms with Crippen molar-refractivity contribution in [3.05, 3.63) is 66.1 Å². The Kier molecular flexibility index (Phi) is 4.60. The van der Waals surface area contributed by atoms with Gasteiger partial charge >= 0.3 is 0 Å². The lowest BCUT2D eigenvalue weighted by Gasteiger charge is -2.37. The number of carbonyl (C=O) groups is 1. The zero-order valence-corrected chi connectivity index (χ0v) is 15.0. The summed E-state index contributed by atoms with van der Waals surface area (Å²) in [7, 11) is 3.36. The molecule has 0 unspecified atom stereocenters. The van der Waals surface area contributed by atoms with Gasteiger partial charge in [-0.3, -0.25) is 4.79 Å². The molecule has 0 radical (unpaired) electrons. The van der Waals surface area contributed by atoms with Gasteiger partial charge in [-0.25, -0.2) is 0 Å². The van der Waals surface area contributed by atoms with E-state index in [0.29, 0.717) is 17.5 Å². The molecular formula is C20H19N3O4. The van der Waals surface area contributed by atoms with Gasteiger partial charge in [0.1, 0.15) is 12.4 Å². The maximum absolute atomic E-state index is 12.2. The fraction of sp³-hybridized carbons (Fsp3) is 0.250. The molecular weight excluding hydrogens is 346 g/mol. The summed E-state index contributed by atoms with van der Waals surface area (Å²) in [6, 6.07) is 16.8. The van der Waals surface area contributed by atoms with Crippen molar-refractivity contribution < 1.29 is 18.8 Å². The van der Waals surface area contributed by atoms with Gasteiger partial charge in [0.05, 0.1) is 13.2 Å². The summed E-state index contributed by atoms with van der Waals surface area (Å²) in [5.74, 6) is 1.40. The average molecular weight is 365 g/mol. The highest BCUT2D eigenvalue weighted by molar-refractivity contribution is 5.78. The zero-order valence-electron chi connectivity index (χ0n) is 15.0. The highest BCUT2D eigenvalue weighted by Gasteiger charge is 2.40. The number of nitrogens with zero attached hydrogens (tertiary/aromatic N) is 3. The highest BCUT2D eigenvalue weighted by Crippen LogP contribution is 2.39. The molecule has 2 heterocycles. The minimum atomic E-state index is -0.540. The van der Waals surface area contributed by atoms with Gasteiger partial charge < -0.3 is 18.9 Å². The summed E-state index contributed by atoms with van der Waals surface area (Å²) in [4.78, 5) is 18.4. The monoisotopic (exact) mass is 365 g/mol. The van der Waals surface area contributed by atoms with Gasteiger partial charge in [0.2, 0.25) is 11.7 Å². The molecule has 0 bridgehead atoms. The smallest absolute Gasteiger partial charge is 0.258 e. The van der Waals surface area contributed by atoms with Gasteiger partial charge in [-0.05, 0) is 17.7 Å². The second-order valence-electron chi connectivity index (χ2n) is 6.28. The fourth-order valence-electron chi connectivity index (χ4n) is 3.20. The minimum Gasteiger partial charge on any atom is -0.497 e. The molecule has 2 aromatic carbocycles. The Balaban J connectivity index is 1.69. The number of aromatic nitrogens is 2. The average Bonchev–Trinajstić information content (AvgIpc) is 3.20. The van der Waals surface area contributed by atoms with Gasteiger partial charge in [0.25, 0.3) is 5.89 Å². The summed E-state index contributed by atoms with van der Waals surface area (Å²) >= 11 is 0. The van der Waals surface area contributed by atoms with Crippen LogP contribution in [-0.4, -0.2) is 41.7 Å².